The van der Waals surface area contributed by atoms with Crippen molar-refractivity contribution in [2.24, 2.45) is 0 Å². The molecule has 2 rings (SSSR count). The van der Waals surface area contributed by atoms with E-state index in [1.165, 1.54) is 7.11 Å². The minimum Gasteiger partial charge on any atom is -0.495 e. The van der Waals surface area contributed by atoms with Crippen LogP contribution in [-0.2, 0) is 4.74 Å². The van der Waals surface area contributed by atoms with Crippen LogP contribution >= 0.6 is 11.6 Å². The molecule has 2 aromatic rings. The first-order valence-corrected chi connectivity index (χ1v) is 7.06. The van der Waals surface area contributed by atoms with Gasteiger partial charge < -0.3 is 9.47 Å². The fraction of sp³-hybridized carbons (Fsp3) is 0.118. The van der Waals surface area contributed by atoms with Crippen LogP contribution in [0.2, 0.25) is 5.02 Å². The van der Waals surface area contributed by atoms with Gasteiger partial charge in [0.05, 0.1) is 12.8 Å². The van der Waals surface area contributed by atoms with Gasteiger partial charge >= 0.3 is 6.09 Å². The molecule has 0 unspecified atom stereocenters. The van der Waals surface area contributed by atoms with E-state index in [2.05, 4.69) is 5.32 Å². The van der Waals surface area contributed by atoms with Gasteiger partial charge in [0.1, 0.15) is 12.4 Å². The quantitative estimate of drug-likeness (QED) is 0.876. The first-order valence-electron chi connectivity index (χ1n) is 6.68. The van der Waals surface area contributed by atoms with Crippen LogP contribution < -0.4 is 10.1 Å². The lowest BCUT2D eigenvalue weighted by Gasteiger charge is -2.10. The topological polar surface area (TPSA) is 47.6 Å². The maximum absolute atomic E-state index is 11.7. The number of ether oxygens (including phenoxy) is 2. The number of halogens is 1. The summed E-state index contributed by atoms with van der Waals surface area (Å²) >= 11 is 5.89. The number of anilines is 1. The normalized spacial score (nSPS) is 10.5. The van der Waals surface area contributed by atoms with E-state index < -0.39 is 6.09 Å². The van der Waals surface area contributed by atoms with Crippen molar-refractivity contribution in [1.29, 1.82) is 0 Å². The highest BCUT2D eigenvalue weighted by atomic mass is 35.5. The van der Waals surface area contributed by atoms with Crippen LogP contribution in [0.1, 0.15) is 5.56 Å². The summed E-state index contributed by atoms with van der Waals surface area (Å²) < 4.78 is 10.2. The Morgan fingerprint density at radius 3 is 2.73 bits per heavy atom. The molecule has 0 radical (unpaired) electrons. The Bertz CT molecular complexity index is 656. The Morgan fingerprint density at radius 2 is 2.00 bits per heavy atom. The number of benzene rings is 2. The van der Waals surface area contributed by atoms with Crippen molar-refractivity contribution < 1.29 is 14.3 Å². The van der Waals surface area contributed by atoms with Gasteiger partial charge in [-0.25, -0.2) is 4.79 Å². The van der Waals surface area contributed by atoms with Crippen LogP contribution in [0.3, 0.4) is 0 Å². The maximum Gasteiger partial charge on any atom is 0.412 e. The molecule has 1 amide bonds. The van der Waals surface area contributed by atoms with Crippen molar-refractivity contribution in [2.75, 3.05) is 19.0 Å². The molecule has 0 aliphatic carbocycles. The summed E-state index contributed by atoms with van der Waals surface area (Å²) in [5.41, 5.74) is 1.51. The summed E-state index contributed by atoms with van der Waals surface area (Å²) in [7, 11) is 1.52. The lowest BCUT2D eigenvalue weighted by molar-refractivity contribution is 0.174. The largest absolute Gasteiger partial charge is 0.495 e. The molecule has 0 saturated heterocycles. The van der Waals surface area contributed by atoms with E-state index >= 15 is 0 Å². The van der Waals surface area contributed by atoms with E-state index in [4.69, 9.17) is 21.1 Å². The van der Waals surface area contributed by atoms with Gasteiger partial charge in [0, 0.05) is 5.02 Å². The number of hydrogen-bond acceptors (Lipinski definition) is 3. The zero-order chi connectivity index (χ0) is 15.8. The number of amides is 1. The first-order chi connectivity index (χ1) is 10.7. The summed E-state index contributed by atoms with van der Waals surface area (Å²) in [6, 6.07) is 14.7. The minimum absolute atomic E-state index is 0.170. The molecule has 0 bridgehead atoms. The molecule has 0 aliphatic heterocycles. The SMILES string of the molecule is COc1ccc(Cl)cc1NC(=O)OCC=Cc1ccccc1. The molecule has 0 spiro atoms. The van der Waals surface area contributed by atoms with Crippen LogP contribution in [0.15, 0.2) is 54.6 Å². The van der Waals surface area contributed by atoms with Crippen molar-refractivity contribution in [3.63, 3.8) is 0 Å². The van der Waals surface area contributed by atoms with Crippen molar-refractivity contribution in [3.05, 3.63) is 65.2 Å². The third-order valence-corrected chi connectivity index (χ3v) is 3.05. The minimum atomic E-state index is -0.571. The second-order valence-electron chi connectivity index (χ2n) is 4.38. The van der Waals surface area contributed by atoms with Gasteiger partial charge in [-0.05, 0) is 29.8 Å². The fourth-order valence-corrected chi connectivity index (χ4v) is 1.97. The van der Waals surface area contributed by atoms with Crippen molar-refractivity contribution in [3.8, 4) is 5.75 Å². The molecule has 0 heterocycles. The van der Waals surface area contributed by atoms with Crippen molar-refractivity contribution in [1.82, 2.24) is 0 Å². The monoisotopic (exact) mass is 317 g/mol. The van der Waals surface area contributed by atoms with Gasteiger partial charge in [0.15, 0.2) is 0 Å². The van der Waals surface area contributed by atoms with Gasteiger partial charge in [-0.15, -0.1) is 0 Å². The molecule has 0 fully saturated rings. The van der Waals surface area contributed by atoms with Gasteiger partial charge in [0.25, 0.3) is 0 Å². The number of carbonyl (C=O) groups is 1. The lowest BCUT2D eigenvalue weighted by Crippen LogP contribution is -2.14. The highest BCUT2D eigenvalue weighted by Crippen LogP contribution is 2.27. The van der Waals surface area contributed by atoms with Crippen molar-refractivity contribution in [2.45, 2.75) is 0 Å². The number of carbonyl (C=O) groups excluding carboxylic acids is 1. The third-order valence-electron chi connectivity index (χ3n) is 2.82. The van der Waals surface area contributed by atoms with Crippen LogP contribution in [-0.4, -0.2) is 19.8 Å². The molecule has 0 aliphatic rings. The van der Waals surface area contributed by atoms with E-state index in [-0.39, 0.29) is 6.61 Å². The molecule has 1 N–H and O–H groups in total. The maximum atomic E-state index is 11.7. The van der Waals surface area contributed by atoms with Crippen LogP contribution in [0.4, 0.5) is 10.5 Å². The second-order valence-corrected chi connectivity index (χ2v) is 4.82. The van der Waals surface area contributed by atoms with E-state index in [1.807, 2.05) is 36.4 Å². The van der Waals surface area contributed by atoms with Crippen LogP contribution in [0, 0.1) is 0 Å². The van der Waals surface area contributed by atoms with Gasteiger partial charge in [-0.1, -0.05) is 48.0 Å². The smallest absolute Gasteiger partial charge is 0.412 e. The van der Waals surface area contributed by atoms with Gasteiger partial charge in [0.2, 0.25) is 0 Å². The number of rotatable bonds is 5. The molecular weight excluding hydrogens is 302 g/mol. The molecule has 4 nitrogen and oxygen atoms in total. The molecule has 0 atom stereocenters. The Balaban J connectivity index is 1.86. The van der Waals surface area contributed by atoms with E-state index in [1.54, 1.807) is 24.3 Å². The lowest BCUT2D eigenvalue weighted by atomic mass is 10.2. The number of methoxy groups -OCH3 is 1. The van der Waals surface area contributed by atoms with E-state index in [0.29, 0.717) is 16.5 Å². The summed E-state index contributed by atoms with van der Waals surface area (Å²) in [6.07, 6.45) is 3.08. The predicted octanol–water partition coefficient (Wildman–Crippen LogP) is 4.61. The molecule has 0 saturated carbocycles. The zero-order valence-corrected chi connectivity index (χ0v) is 12.8. The highest BCUT2D eigenvalue weighted by Gasteiger charge is 2.08. The van der Waals surface area contributed by atoms with E-state index in [9.17, 15) is 4.79 Å². The average Bonchev–Trinajstić information content (AvgIpc) is 2.53. The number of hydrogen-bond donors (Lipinski definition) is 1. The van der Waals surface area contributed by atoms with Crippen molar-refractivity contribution >= 4 is 29.5 Å². The average molecular weight is 318 g/mol. The first kappa shape index (κ1) is 15.9. The standard InChI is InChI=1S/C17H16ClNO3/c1-21-16-10-9-14(18)12-15(16)19-17(20)22-11-5-8-13-6-3-2-4-7-13/h2-10,12H,11H2,1H3,(H,19,20). The van der Waals surface area contributed by atoms with Gasteiger partial charge in [-0.2, -0.15) is 0 Å². The summed E-state index contributed by atoms with van der Waals surface area (Å²) in [5, 5.41) is 3.10. The zero-order valence-electron chi connectivity index (χ0n) is 12.1. The third kappa shape index (κ3) is 4.82. The Labute approximate surface area is 134 Å². The highest BCUT2D eigenvalue weighted by molar-refractivity contribution is 6.31. The molecule has 114 valence electrons. The second kappa shape index (κ2) is 8.10. The van der Waals surface area contributed by atoms with Crippen LogP contribution in [0.5, 0.6) is 5.75 Å². The van der Waals surface area contributed by atoms with Crippen LogP contribution in [0.25, 0.3) is 6.08 Å². The fourth-order valence-electron chi connectivity index (χ4n) is 1.80. The Morgan fingerprint density at radius 1 is 1.23 bits per heavy atom. The van der Waals surface area contributed by atoms with E-state index in [0.717, 1.165) is 5.56 Å². The molecular formula is C17H16ClNO3. The Kier molecular flexibility index (Phi) is 5.86. The molecule has 0 aromatic heterocycles. The molecule has 22 heavy (non-hydrogen) atoms. The summed E-state index contributed by atoms with van der Waals surface area (Å²) in [5.74, 6) is 0.515. The molecule has 2 aromatic carbocycles. The Hall–Kier alpha value is -2.46. The number of nitrogens with one attached hydrogen (secondary N) is 1. The summed E-state index contributed by atoms with van der Waals surface area (Å²) in [6.45, 7) is 0.170. The molecule has 5 heteroatoms. The predicted molar refractivity (Wildman–Crippen MR) is 88.5 cm³/mol. The van der Waals surface area contributed by atoms with Gasteiger partial charge in [-0.3, -0.25) is 5.32 Å². The summed E-state index contributed by atoms with van der Waals surface area (Å²) in [4.78, 5) is 11.7.